The SMILES string of the molecule is CC(C)N(CC1CC1)c1cnccc1CCl. The van der Waals surface area contributed by atoms with Crippen molar-refractivity contribution in [3.05, 3.63) is 24.0 Å². The minimum absolute atomic E-state index is 0.506. The third kappa shape index (κ3) is 2.67. The Morgan fingerprint density at radius 2 is 2.25 bits per heavy atom. The Morgan fingerprint density at radius 1 is 1.50 bits per heavy atom. The molecular formula is C13H19ClN2. The van der Waals surface area contributed by atoms with Crippen molar-refractivity contribution in [2.75, 3.05) is 11.4 Å². The zero-order valence-electron chi connectivity index (χ0n) is 9.99. The van der Waals surface area contributed by atoms with Crippen molar-refractivity contribution in [2.24, 2.45) is 5.92 Å². The Labute approximate surface area is 103 Å². The number of rotatable bonds is 5. The van der Waals surface area contributed by atoms with Gasteiger partial charge in [-0.05, 0) is 44.2 Å². The second kappa shape index (κ2) is 5.05. The second-order valence-electron chi connectivity index (χ2n) is 4.83. The van der Waals surface area contributed by atoms with Gasteiger partial charge in [-0.2, -0.15) is 0 Å². The summed E-state index contributed by atoms with van der Waals surface area (Å²) < 4.78 is 0. The van der Waals surface area contributed by atoms with Gasteiger partial charge in [-0.25, -0.2) is 0 Å². The lowest BCUT2D eigenvalue weighted by Crippen LogP contribution is -2.33. The van der Waals surface area contributed by atoms with Crippen molar-refractivity contribution >= 4 is 17.3 Å². The monoisotopic (exact) mass is 238 g/mol. The van der Waals surface area contributed by atoms with Crippen molar-refractivity contribution in [2.45, 2.75) is 38.6 Å². The first-order valence-corrected chi connectivity index (χ1v) is 6.51. The molecular weight excluding hydrogens is 220 g/mol. The molecule has 2 nitrogen and oxygen atoms in total. The van der Waals surface area contributed by atoms with E-state index in [1.165, 1.54) is 24.1 Å². The minimum atomic E-state index is 0.506. The van der Waals surface area contributed by atoms with Crippen LogP contribution in [-0.2, 0) is 5.88 Å². The van der Waals surface area contributed by atoms with E-state index in [4.69, 9.17) is 11.6 Å². The third-order valence-electron chi connectivity index (χ3n) is 3.12. The number of aromatic nitrogens is 1. The Kier molecular flexibility index (Phi) is 3.70. The van der Waals surface area contributed by atoms with Gasteiger partial charge in [-0.15, -0.1) is 11.6 Å². The van der Waals surface area contributed by atoms with Crippen molar-refractivity contribution < 1.29 is 0 Å². The summed E-state index contributed by atoms with van der Waals surface area (Å²) in [6.07, 6.45) is 6.51. The number of halogens is 1. The molecule has 3 heteroatoms. The van der Waals surface area contributed by atoms with E-state index in [1.54, 1.807) is 0 Å². The van der Waals surface area contributed by atoms with Crippen LogP contribution in [0.25, 0.3) is 0 Å². The first-order chi connectivity index (χ1) is 7.72. The fourth-order valence-electron chi connectivity index (χ4n) is 1.95. The summed E-state index contributed by atoms with van der Waals surface area (Å²) in [6, 6.07) is 2.52. The smallest absolute Gasteiger partial charge is 0.0599 e. The Balaban J connectivity index is 2.22. The highest BCUT2D eigenvalue weighted by Crippen LogP contribution is 2.33. The van der Waals surface area contributed by atoms with E-state index in [0.29, 0.717) is 11.9 Å². The van der Waals surface area contributed by atoms with E-state index in [2.05, 4.69) is 23.7 Å². The highest BCUT2D eigenvalue weighted by molar-refractivity contribution is 6.17. The van der Waals surface area contributed by atoms with Crippen LogP contribution in [-0.4, -0.2) is 17.6 Å². The second-order valence-corrected chi connectivity index (χ2v) is 5.09. The minimum Gasteiger partial charge on any atom is -0.367 e. The summed E-state index contributed by atoms with van der Waals surface area (Å²) >= 11 is 5.98. The predicted octanol–water partition coefficient (Wildman–Crippen LogP) is 3.45. The van der Waals surface area contributed by atoms with Crippen LogP contribution in [0.2, 0.25) is 0 Å². The van der Waals surface area contributed by atoms with Crippen LogP contribution in [0.4, 0.5) is 5.69 Å². The summed E-state index contributed by atoms with van der Waals surface area (Å²) in [5.74, 6) is 1.44. The third-order valence-corrected chi connectivity index (χ3v) is 3.40. The number of hydrogen-bond donors (Lipinski definition) is 0. The average Bonchev–Trinajstić information content (AvgIpc) is 3.09. The molecule has 0 saturated heterocycles. The molecule has 1 fully saturated rings. The predicted molar refractivity (Wildman–Crippen MR) is 69.0 cm³/mol. The zero-order chi connectivity index (χ0) is 11.5. The summed E-state index contributed by atoms with van der Waals surface area (Å²) in [5, 5.41) is 0. The fourth-order valence-corrected chi connectivity index (χ4v) is 2.18. The van der Waals surface area contributed by atoms with E-state index in [0.717, 1.165) is 12.5 Å². The van der Waals surface area contributed by atoms with Gasteiger partial charge in [0.05, 0.1) is 11.9 Å². The van der Waals surface area contributed by atoms with Crippen molar-refractivity contribution in [1.29, 1.82) is 0 Å². The fraction of sp³-hybridized carbons (Fsp3) is 0.615. The summed E-state index contributed by atoms with van der Waals surface area (Å²) in [4.78, 5) is 6.66. The largest absolute Gasteiger partial charge is 0.367 e. The van der Waals surface area contributed by atoms with Crippen molar-refractivity contribution in [1.82, 2.24) is 4.98 Å². The summed E-state index contributed by atoms with van der Waals surface area (Å²) in [7, 11) is 0. The van der Waals surface area contributed by atoms with Gasteiger partial charge >= 0.3 is 0 Å². The normalized spacial score (nSPS) is 15.5. The summed E-state index contributed by atoms with van der Waals surface area (Å²) in [5.41, 5.74) is 2.39. The average molecular weight is 239 g/mol. The molecule has 1 heterocycles. The number of pyridine rings is 1. The number of hydrogen-bond acceptors (Lipinski definition) is 2. The molecule has 2 rings (SSSR count). The van der Waals surface area contributed by atoms with Gasteiger partial charge in [0.1, 0.15) is 0 Å². The Morgan fingerprint density at radius 3 is 2.81 bits per heavy atom. The molecule has 16 heavy (non-hydrogen) atoms. The first-order valence-electron chi connectivity index (χ1n) is 5.98. The molecule has 88 valence electrons. The number of alkyl halides is 1. The highest BCUT2D eigenvalue weighted by Gasteiger charge is 2.26. The molecule has 0 amide bonds. The van der Waals surface area contributed by atoms with Gasteiger partial charge in [-0.1, -0.05) is 0 Å². The van der Waals surface area contributed by atoms with Crippen LogP contribution in [0.15, 0.2) is 18.5 Å². The lowest BCUT2D eigenvalue weighted by molar-refractivity contribution is 0.641. The standard InChI is InChI=1S/C13H19ClN2/c1-10(2)16(9-11-3-4-11)13-8-15-6-5-12(13)7-14/h5-6,8,10-11H,3-4,7,9H2,1-2H3. The topological polar surface area (TPSA) is 16.1 Å². The van der Waals surface area contributed by atoms with Crippen molar-refractivity contribution in [3.8, 4) is 0 Å². The molecule has 0 radical (unpaired) electrons. The van der Waals surface area contributed by atoms with Crippen LogP contribution in [0, 0.1) is 5.92 Å². The van der Waals surface area contributed by atoms with Gasteiger partial charge in [0.15, 0.2) is 0 Å². The Bertz CT molecular complexity index is 348. The Hall–Kier alpha value is -0.760. The van der Waals surface area contributed by atoms with Gasteiger partial charge < -0.3 is 4.90 Å². The lowest BCUT2D eigenvalue weighted by Gasteiger charge is -2.30. The van der Waals surface area contributed by atoms with E-state index >= 15 is 0 Å². The van der Waals surface area contributed by atoms with Crippen LogP contribution >= 0.6 is 11.6 Å². The molecule has 0 bridgehead atoms. The van der Waals surface area contributed by atoms with Crippen LogP contribution in [0.1, 0.15) is 32.3 Å². The molecule has 1 aromatic rings. The van der Waals surface area contributed by atoms with E-state index in [9.17, 15) is 0 Å². The number of nitrogens with zero attached hydrogens (tertiary/aromatic N) is 2. The van der Waals surface area contributed by atoms with Gasteiger partial charge in [0, 0.05) is 24.7 Å². The first kappa shape index (κ1) is 11.7. The quantitative estimate of drug-likeness (QED) is 0.731. The molecule has 0 unspecified atom stereocenters. The maximum Gasteiger partial charge on any atom is 0.0599 e. The molecule has 1 aliphatic carbocycles. The summed E-state index contributed by atoms with van der Waals surface area (Å²) in [6.45, 7) is 5.61. The van der Waals surface area contributed by atoms with E-state index < -0.39 is 0 Å². The van der Waals surface area contributed by atoms with Crippen LogP contribution < -0.4 is 4.90 Å². The molecule has 0 spiro atoms. The van der Waals surface area contributed by atoms with Gasteiger partial charge in [0.25, 0.3) is 0 Å². The van der Waals surface area contributed by atoms with Gasteiger partial charge in [-0.3, -0.25) is 4.98 Å². The molecule has 1 aromatic heterocycles. The molecule has 0 aromatic carbocycles. The maximum absolute atomic E-state index is 5.98. The maximum atomic E-state index is 5.98. The molecule has 0 N–H and O–H groups in total. The molecule has 0 aliphatic heterocycles. The highest BCUT2D eigenvalue weighted by atomic mass is 35.5. The van der Waals surface area contributed by atoms with Gasteiger partial charge in [0.2, 0.25) is 0 Å². The lowest BCUT2D eigenvalue weighted by atomic mass is 10.2. The zero-order valence-corrected chi connectivity index (χ0v) is 10.7. The molecule has 1 saturated carbocycles. The molecule has 1 aliphatic rings. The van der Waals surface area contributed by atoms with Crippen molar-refractivity contribution in [3.63, 3.8) is 0 Å². The van der Waals surface area contributed by atoms with Crippen LogP contribution in [0.5, 0.6) is 0 Å². The van der Waals surface area contributed by atoms with Crippen LogP contribution in [0.3, 0.4) is 0 Å². The molecule has 0 atom stereocenters. The number of anilines is 1. The van der Waals surface area contributed by atoms with E-state index in [-0.39, 0.29) is 0 Å². The van der Waals surface area contributed by atoms with E-state index in [1.807, 2.05) is 18.5 Å².